The van der Waals surface area contributed by atoms with Crippen molar-refractivity contribution in [3.05, 3.63) is 66.7 Å². The van der Waals surface area contributed by atoms with Gasteiger partial charge in [-0.1, -0.05) is 12.1 Å². The molecule has 28 heavy (non-hydrogen) atoms. The molecule has 2 aromatic heterocycles. The summed E-state index contributed by atoms with van der Waals surface area (Å²) in [4.78, 5) is 23.3. The number of piperidine rings is 1. The third kappa shape index (κ3) is 4.36. The largest absolute Gasteiger partial charge is 0.355 e. The molecule has 0 aliphatic carbocycles. The molecular weight excluding hydrogens is 352 g/mol. The highest BCUT2D eigenvalue weighted by Crippen LogP contribution is 2.20. The lowest BCUT2D eigenvalue weighted by atomic mass is 9.97. The van der Waals surface area contributed by atoms with Crippen molar-refractivity contribution in [1.29, 1.82) is 0 Å². The van der Waals surface area contributed by atoms with E-state index in [-0.39, 0.29) is 11.8 Å². The first kappa shape index (κ1) is 18.2. The van der Waals surface area contributed by atoms with E-state index in [1.54, 1.807) is 24.7 Å². The number of aromatic nitrogens is 4. The zero-order valence-corrected chi connectivity index (χ0v) is 15.7. The molecule has 1 fully saturated rings. The topological polar surface area (TPSA) is 75.9 Å². The maximum atomic E-state index is 12.6. The molecule has 1 aromatic carbocycles. The van der Waals surface area contributed by atoms with Crippen LogP contribution in [-0.2, 0) is 11.2 Å². The lowest BCUT2D eigenvalue weighted by molar-refractivity contribution is -0.125. The van der Waals surface area contributed by atoms with Crippen molar-refractivity contribution in [2.24, 2.45) is 5.92 Å². The van der Waals surface area contributed by atoms with Gasteiger partial charge >= 0.3 is 0 Å². The first-order chi connectivity index (χ1) is 13.8. The van der Waals surface area contributed by atoms with Crippen LogP contribution in [-0.4, -0.2) is 45.3 Å². The number of benzene rings is 1. The van der Waals surface area contributed by atoms with E-state index in [1.807, 2.05) is 29.1 Å². The molecule has 0 bridgehead atoms. The summed E-state index contributed by atoms with van der Waals surface area (Å²) in [6.45, 7) is 2.21. The molecule has 1 saturated heterocycles. The molecule has 1 N–H and O–H groups in total. The van der Waals surface area contributed by atoms with Gasteiger partial charge in [0.25, 0.3) is 0 Å². The molecule has 4 rings (SSSR count). The fraction of sp³-hybridized carbons (Fsp3) is 0.333. The Morgan fingerprint density at radius 3 is 2.68 bits per heavy atom. The van der Waals surface area contributed by atoms with Gasteiger partial charge in [0.2, 0.25) is 11.9 Å². The van der Waals surface area contributed by atoms with Crippen LogP contribution in [0.5, 0.6) is 0 Å². The van der Waals surface area contributed by atoms with Crippen LogP contribution < -0.4 is 10.2 Å². The highest BCUT2D eigenvalue weighted by atomic mass is 16.1. The van der Waals surface area contributed by atoms with E-state index in [2.05, 4.69) is 37.4 Å². The van der Waals surface area contributed by atoms with Crippen molar-refractivity contribution in [2.75, 3.05) is 24.5 Å². The number of carbonyl (C=O) groups is 1. The van der Waals surface area contributed by atoms with Gasteiger partial charge in [0.05, 0.1) is 11.6 Å². The summed E-state index contributed by atoms with van der Waals surface area (Å²) in [7, 11) is 0. The minimum absolute atomic E-state index is 0.0141. The molecule has 1 aliphatic rings. The minimum atomic E-state index is -0.0141. The Morgan fingerprint density at radius 1 is 1.11 bits per heavy atom. The highest BCUT2D eigenvalue weighted by Gasteiger charge is 2.26. The molecule has 3 aromatic rings. The quantitative estimate of drug-likeness (QED) is 0.714. The van der Waals surface area contributed by atoms with Crippen molar-refractivity contribution >= 4 is 11.9 Å². The van der Waals surface area contributed by atoms with Gasteiger partial charge < -0.3 is 10.2 Å². The number of hydrogen-bond acceptors (Lipinski definition) is 5. The van der Waals surface area contributed by atoms with E-state index in [9.17, 15) is 4.79 Å². The van der Waals surface area contributed by atoms with Crippen LogP contribution in [0.3, 0.4) is 0 Å². The summed E-state index contributed by atoms with van der Waals surface area (Å²) in [5.41, 5.74) is 2.22. The van der Waals surface area contributed by atoms with Crippen molar-refractivity contribution < 1.29 is 4.79 Å². The Hall–Kier alpha value is -3.22. The maximum Gasteiger partial charge on any atom is 0.225 e. The van der Waals surface area contributed by atoms with E-state index in [1.165, 1.54) is 5.56 Å². The number of nitrogens with one attached hydrogen (secondary N) is 1. The molecule has 1 amide bonds. The van der Waals surface area contributed by atoms with E-state index >= 15 is 0 Å². The third-order valence-electron chi connectivity index (χ3n) is 5.05. The Balaban J connectivity index is 1.26. The second-order valence-electron chi connectivity index (χ2n) is 6.99. The normalized spacial score (nSPS) is 16.7. The van der Waals surface area contributed by atoms with Gasteiger partial charge in [0.15, 0.2) is 0 Å². The van der Waals surface area contributed by atoms with Gasteiger partial charge in [-0.3, -0.25) is 4.79 Å². The van der Waals surface area contributed by atoms with Gasteiger partial charge in [-0.2, -0.15) is 5.10 Å². The standard InChI is InChI=1S/C21H24N6O/c28-20(18-4-1-14-26(16-18)21-23-10-2-11-24-21)22-13-9-17-5-7-19(8-6-17)27-15-3-12-25-27/h2-3,5-8,10-12,15,18H,1,4,9,13-14,16H2,(H,22,28). The van der Waals surface area contributed by atoms with Crippen LogP contribution in [0.2, 0.25) is 0 Å². The lowest BCUT2D eigenvalue weighted by Gasteiger charge is -2.31. The summed E-state index contributed by atoms with van der Waals surface area (Å²) >= 11 is 0. The monoisotopic (exact) mass is 376 g/mol. The van der Waals surface area contributed by atoms with Crippen molar-refractivity contribution in [1.82, 2.24) is 25.1 Å². The smallest absolute Gasteiger partial charge is 0.225 e. The van der Waals surface area contributed by atoms with E-state index in [4.69, 9.17) is 0 Å². The number of nitrogens with zero attached hydrogens (tertiary/aromatic N) is 5. The maximum absolute atomic E-state index is 12.6. The molecule has 1 atom stereocenters. The van der Waals surface area contributed by atoms with Crippen LogP contribution in [0, 0.1) is 5.92 Å². The number of rotatable bonds is 6. The van der Waals surface area contributed by atoms with Gasteiger partial charge in [-0.05, 0) is 49.1 Å². The molecule has 1 aliphatic heterocycles. The Morgan fingerprint density at radius 2 is 1.93 bits per heavy atom. The fourth-order valence-corrected chi connectivity index (χ4v) is 3.54. The summed E-state index contributed by atoms with van der Waals surface area (Å²) < 4.78 is 1.83. The first-order valence-corrected chi connectivity index (χ1v) is 9.68. The number of hydrogen-bond donors (Lipinski definition) is 1. The number of amides is 1. The average Bonchev–Trinajstić information content (AvgIpc) is 3.30. The zero-order valence-electron chi connectivity index (χ0n) is 15.7. The fourth-order valence-electron chi connectivity index (χ4n) is 3.54. The summed E-state index contributed by atoms with van der Waals surface area (Å²) in [6, 6.07) is 12.0. The summed E-state index contributed by atoms with van der Waals surface area (Å²) in [6.07, 6.45) is 9.86. The number of carbonyl (C=O) groups excluding carboxylic acids is 1. The predicted octanol–water partition coefficient (Wildman–Crippen LogP) is 2.24. The molecule has 7 nitrogen and oxygen atoms in total. The van der Waals surface area contributed by atoms with E-state index in [0.29, 0.717) is 19.0 Å². The van der Waals surface area contributed by atoms with Gasteiger partial charge in [-0.25, -0.2) is 14.6 Å². The van der Waals surface area contributed by atoms with Gasteiger partial charge in [0, 0.05) is 44.4 Å². The zero-order chi connectivity index (χ0) is 19.2. The first-order valence-electron chi connectivity index (χ1n) is 9.68. The van der Waals surface area contributed by atoms with Crippen LogP contribution >= 0.6 is 0 Å². The third-order valence-corrected chi connectivity index (χ3v) is 5.05. The minimum Gasteiger partial charge on any atom is -0.355 e. The van der Waals surface area contributed by atoms with Crippen molar-refractivity contribution in [3.63, 3.8) is 0 Å². The number of anilines is 1. The second-order valence-corrected chi connectivity index (χ2v) is 6.99. The van der Waals surface area contributed by atoms with Gasteiger partial charge in [-0.15, -0.1) is 0 Å². The van der Waals surface area contributed by atoms with Crippen molar-refractivity contribution in [3.8, 4) is 5.69 Å². The average molecular weight is 376 g/mol. The van der Waals surface area contributed by atoms with Crippen LogP contribution in [0.25, 0.3) is 5.69 Å². The molecule has 0 spiro atoms. The molecule has 0 radical (unpaired) electrons. The molecule has 1 unspecified atom stereocenters. The second kappa shape index (κ2) is 8.65. The predicted molar refractivity (Wildman–Crippen MR) is 107 cm³/mol. The highest BCUT2D eigenvalue weighted by molar-refractivity contribution is 5.79. The lowest BCUT2D eigenvalue weighted by Crippen LogP contribution is -2.44. The SMILES string of the molecule is O=C(NCCc1ccc(-n2cccn2)cc1)C1CCCN(c2ncccn2)C1. The van der Waals surface area contributed by atoms with Crippen LogP contribution in [0.15, 0.2) is 61.2 Å². The Kier molecular flexibility index (Phi) is 5.61. The van der Waals surface area contributed by atoms with Crippen LogP contribution in [0.4, 0.5) is 5.95 Å². The molecule has 144 valence electrons. The molecule has 7 heteroatoms. The van der Waals surface area contributed by atoms with Gasteiger partial charge in [0.1, 0.15) is 0 Å². The van der Waals surface area contributed by atoms with Crippen molar-refractivity contribution in [2.45, 2.75) is 19.3 Å². The van der Waals surface area contributed by atoms with E-state index in [0.717, 1.165) is 31.5 Å². The van der Waals surface area contributed by atoms with E-state index < -0.39 is 0 Å². The van der Waals surface area contributed by atoms with Crippen LogP contribution in [0.1, 0.15) is 18.4 Å². The Bertz CT molecular complexity index is 879. The molecule has 0 saturated carbocycles. The summed E-state index contributed by atoms with van der Waals surface area (Å²) in [5.74, 6) is 0.811. The molecular formula is C21H24N6O. The Labute approximate surface area is 164 Å². The summed E-state index contributed by atoms with van der Waals surface area (Å²) in [5, 5.41) is 7.32. The molecule has 3 heterocycles.